The Morgan fingerprint density at radius 3 is 2.88 bits per heavy atom. The molecule has 0 aliphatic carbocycles. The number of ether oxygens (including phenoxy) is 1. The van der Waals surface area contributed by atoms with E-state index in [4.69, 9.17) is 21.6 Å². The highest BCUT2D eigenvalue weighted by atomic mass is 35.5. The lowest BCUT2D eigenvalue weighted by atomic mass is 10.2. The predicted molar refractivity (Wildman–Crippen MR) is 104 cm³/mol. The Morgan fingerprint density at radius 2 is 2.12 bits per heavy atom. The third-order valence-corrected chi connectivity index (χ3v) is 5.05. The number of unbranched alkanes of at least 4 members (excludes halogenated alkanes) is 1. The molecule has 3 rings (SSSR count). The Kier molecular flexibility index (Phi) is 5.82. The number of hydrogen-bond acceptors (Lipinski definition) is 5. The van der Waals surface area contributed by atoms with Crippen molar-refractivity contribution in [2.75, 3.05) is 12.9 Å². The SMILES string of the molecule is COc1ccccc1-n1c(SCCCC#N)nc2cc(Cl)ccc2c1=O. The van der Waals surface area contributed by atoms with Gasteiger partial charge in [-0.05, 0) is 36.8 Å². The summed E-state index contributed by atoms with van der Waals surface area (Å²) in [6, 6.07) is 14.5. The first kappa shape index (κ1) is 18.3. The number of nitriles is 1. The van der Waals surface area contributed by atoms with Crippen molar-refractivity contribution in [3.8, 4) is 17.5 Å². The summed E-state index contributed by atoms with van der Waals surface area (Å²) < 4.78 is 6.98. The van der Waals surface area contributed by atoms with Gasteiger partial charge in [-0.25, -0.2) is 4.98 Å². The first-order valence-electron chi connectivity index (χ1n) is 8.01. The van der Waals surface area contributed by atoms with Crippen LogP contribution in [0.25, 0.3) is 16.6 Å². The van der Waals surface area contributed by atoms with Gasteiger partial charge in [0.2, 0.25) is 0 Å². The highest BCUT2D eigenvalue weighted by Crippen LogP contribution is 2.28. The number of methoxy groups -OCH3 is 1. The van der Waals surface area contributed by atoms with Crippen molar-refractivity contribution in [3.05, 3.63) is 57.8 Å². The first-order valence-corrected chi connectivity index (χ1v) is 9.37. The second kappa shape index (κ2) is 8.26. The van der Waals surface area contributed by atoms with Gasteiger partial charge in [0.25, 0.3) is 5.56 Å². The Bertz CT molecular complexity index is 1040. The number of hydrogen-bond donors (Lipinski definition) is 0. The van der Waals surface area contributed by atoms with Gasteiger partial charge in [0, 0.05) is 17.2 Å². The monoisotopic (exact) mass is 385 g/mol. The molecule has 0 bridgehead atoms. The second-order valence-corrected chi connectivity index (χ2v) is 6.98. The zero-order valence-electron chi connectivity index (χ0n) is 14.1. The Hall–Kier alpha value is -2.49. The summed E-state index contributed by atoms with van der Waals surface area (Å²) in [5.41, 5.74) is 1.00. The largest absolute Gasteiger partial charge is 0.495 e. The summed E-state index contributed by atoms with van der Waals surface area (Å²) in [5.74, 6) is 1.27. The minimum atomic E-state index is -0.182. The average Bonchev–Trinajstić information content (AvgIpc) is 2.65. The van der Waals surface area contributed by atoms with Gasteiger partial charge in [0.05, 0.1) is 29.8 Å². The molecule has 0 atom stereocenters. The molecule has 0 saturated heterocycles. The van der Waals surface area contributed by atoms with Crippen LogP contribution in [0.2, 0.25) is 5.02 Å². The van der Waals surface area contributed by atoms with E-state index in [0.717, 1.165) is 6.42 Å². The van der Waals surface area contributed by atoms with E-state index >= 15 is 0 Å². The molecule has 0 spiro atoms. The van der Waals surface area contributed by atoms with Crippen LogP contribution in [-0.2, 0) is 0 Å². The molecule has 0 aliphatic rings. The first-order chi connectivity index (χ1) is 12.7. The molecule has 5 nitrogen and oxygen atoms in total. The van der Waals surface area contributed by atoms with Crippen molar-refractivity contribution in [2.24, 2.45) is 0 Å². The summed E-state index contributed by atoms with van der Waals surface area (Å²) in [4.78, 5) is 17.8. The molecular formula is C19H16ClN3O2S. The normalized spacial score (nSPS) is 10.7. The van der Waals surface area contributed by atoms with E-state index in [0.29, 0.717) is 44.7 Å². The minimum absolute atomic E-state index is 0.182. The molecule has 7 heteroatoms. The van der Waals surface area contributed by atoms with E-state index in [2.05, 4.69) is 11.1 Å². The fraction of sp³-hybridized carbons (Fsp3) is 0.211. The molecule has 0 unspecified atom stereocenters. The molecular weight excluding hydrogens is 370 g/mol. The lowest BCUT2D eigenvalue weighted by Crippen LogP contribution is -2.22. The van der Waals surface area contributed by atoms with Gasteiger partial charge in [0.15, 0.2) is 5.16 Å². The highest BCUT2D eigenvalue weighted by Gasteiger charge is 2.16. The standard InChI is InChI=1S/C19H16ClN3O2S/c1-25-17-7-3-2-6-16(17)23-18(24)14-9-8-13(20)12-15(14)22-19(23)26-11-5-4-10-21/h2-3,6-9,12H,4-5,11H2,1H3. The molecule has 3 aromatic rings. The second-order valence-electron chi connectivity index (χ2n) is 5.48. The molecule has 2 aromatic carbocycles. The maximum absolute atomic E-state index is 13.2. The topological polar surface area (TPSA) is 67.9 Å². The van der Waals surface area contributed by atoms with Crippen LogP contribution < -0.4 is 10.3 Å². The van der Waals surface area contributed by atoms with Crippen molar-refractivity contribution < 1.29 is 4.74 Å². The third-order valence-electron chi connectivity index (χ3n) is 3.79. The van der Waals surface area contributed by atoms with Gasteiger partial charge in [-0.2, -0.15) is 5.26 Å². The van der Waals surface area contributed by atoms with Crippen LogP contribution in [0.3, 0.4) is 0 Å². The van der Waals surface area contributed by atoms with Crippen LogP contribution in [0, 0.1) is 11.3 Å². The van der Waals surface area contributed by atoms with Crippen LogP contribution >= 0.6 is 23.4 Å². The van der Waals surface area contributed by atoms with Gasteiger partial charge in [-0.15, -0.1) is 0 Å². The van der Waals surface area contributed by atoms with Crippen molar-refractivity contribution in [2.45, 2.75) is 18.0 Å². The number of nitrogens with zero attached hydrogens (tertiary/aromatic N) is 3. The van der Waals surface area contributed by atoms with Crippen molar-refractivity contribution >= 4 is 34.3 Å². The Morgan fingerprint density at radius 1 is 1.31 bits per heavy atom. The van der Waals surface area contributed by atoms with E-state index in [1.807, 2.05) is 18.2 Å². The van der Waals surface area contributed by atoms with E-state index in [9.17, 15) is 4.79 Å². The van der Waals surface area contributed by atoms with E-state index in [1.54, 1.807) is 35.9 Å². The van der Waals surface area contributed by atoms with Crippen LogP contribution in [-0.4, -0.2) is 22.4 Å². The van der Waals surface area contributed by atoms with Gasteiger partial charge in [0.1, 0.15) is 5.75 Å². The number of halogens is 1. The molecule has 1 aromatic heterocycles. The molecule has 0 fully saturated rings. The predicted octanol–water partition coefficient (Wildman–Crippen LogP) is 4.44. The number of para-hydroxylation sites is 2. The average molecular weight is 386 g/mol. The van der Waals surface area contributed by atoms with Gasteiger partial charge >= 0.3 is 0 Å². The fourth-order valence-corrected chi connectivity index (χ4v) is 3.69. The summed E-state index contributed by atoms with van der Waals surface area (Å²) in [5, 5.41) is 10.3. The van der Waals surface area contributed by atoms with E-state index in [1.165, 1.54) is 11.8 Å². The van der Waals surface area contributed by atoms with Crippen LogP contribution in [0.4, 0.5) is 0 Å². The molecule has 0 amide bonds. The quantitative estimate of drug-likeness (QED) is 0.356. The molecule has 0 aliphatic heterocycles. The van der Waals surface area contributed by atoms with Gasteiger partial charge in [-0.3, -0.25) is 9.36 Å². The van der Waals surface area contributed by atoms with Gasteiger partial charge < -0.3 is 4.74 Å². The number of fused-ring (bicyclic) bond motifs is 1. The fourth-order valence-electron chi connectivity index (χ4n) is 2.58. The number of benzene rings is 2. The highest BCUT2D eigenvalue weighted by molar-refractivity contribution is 7.99. The lowest BCUT2D eigenvalue weighted by molar-refractivity contribution is 0.411. The van der Waals surface area contributed by atoms with Crippen molar-refractivity contribution in [1.29, 1.82) is 5.26 Å². The molecule has 132 valence electrons. The Balaban J connectivity index is 2.21. The van der Waals surface area contributed by atoms with E-state index < -0.39 is 0 Å². The Labute approximate surface area is 160 Å². The number of rotatable bonds is 6. The molecule has 1 heterocycles. The molecule has 0 radical (unpaired) electrons. The zero-order chi connectivity index (χ0) is 18.5. The van der Waals surface area contributed by atoms with Crippen molar-refractivity contribution in [1.82, 2.24) is 9.55 Å². The lowest BCUT2D eigenvalue weighted by Gasteiger charge is -2.15. The zero-order valence-corrected chi connectivity index (χ0v) is 15.7. The number of aromatic nitrogens is 2. The van der Waals surface area contributed by atoms with Gasteiger partial charge in [-0.1, -0.05) is 35.5 Å². The van der Waals surface area contributed by atoms with Crippen LogP contribution in [0.15, 0.2) is 52.4 Å². The van der Waals surface area contributed by atoms with Crippen molar-refractivity contribution in [3.63, 3.8) is 0 Å². The number of thioether (sulfide) groups is 1. The smallest absolute Gasteiger partial charge is 0.266 e. The van der Waals surface area contributed by atoms with E-state index in [-0.39, 0.29) is 5.56 Å². The molecule has 0 N–H and O–H groups in total. The maximum atomic E-state index is 13.2. The van der Waals surface area contributed by atoms with Crippen LogP contribution in [0.5, 0.6) is 5.75 Å². The summed E-state index contributed by atoms with van der Waals surface area (Å²) >= 11 is 7.50. The molecule has 0 saturated carbocycles. The summed E-state index contributed by atoms with van der Waals surface area (Å²) in [7, 11) is 1.57. The van der Waals surface area contributed by atoms with Crippen LogP contribution in [0.1, 0.15) is 12.8 Å². The minimum Gasteiger partial charge on any atom is -0.495 e. The summed E-state index contributed by atoms with van der Waals surface area (Å²) in [6.45, 7) is 0. The molecule has 26 heavy (non-hydrogen) atoms. The third kappa shape index (κ3) is 3.69. The summed E-state index contributed by atoms with van der Waals surface area (Å²) in [6.07, 6.45) is 1.18. The maximum Gasteiger partial charge on any atom is 0.266 e.